The molecule has 0 aliphatic carbocycles. The van der Waals surface area contributed by atoms with Gasteiger partial charge in [-0.3, -0.25) is 0 Å². The molecule has 0 atom stereocenters. The summed E-state index contributed by atoms with van der Waals surface area (Å²) in [4.78, 5) is 2.25. The second kappa shape index (κ2) is 5.74. The van der Waals surface area contributed by atoms with Gasteiger partial charge in [0.1, 0.15) is 5.75 Å². The van der Waals surface area contributed by atoms with Crippen LogP contribution in [0.3, 0.4) is 0 Å². The summed E-state index contributed by atoms with van der Waals surface area (Å²) >= 11 is 0. The minimum absolute atomic E-state index is 0.902. The number of hydrogen-bond acceptors (Lipinski definition) is 3. The standard InChI is InChI=1S/C15H20N2O/c1-16-8-9-17(2)14-6-4-13-11-15(18-3)7-5-12(13)10-14/h4-7,10-11,16H,8-9H2,1-3H3. The lowest BCUT2D eigenvalue weighted by atomic mass is 10.1. The Bertz CT molecular complexity index is 525. The quantitative estimate of drug-likeness (QED) is 0.874. The lowest BCUT2D eigenvalue weighted by Gasteiger charge is -2.19. The van der Waals surface area contributed by atoms with E-state index in [9.17, 15) is 0 Å². The molecule has 2 aromatic rings. The van der Waals surface area contributed by atoms with E-state index in [1.807, 2.05) is 13.1 Å². The van der Waals surface area contributed by atoms with E-state index in [0.717, 1.165) is 18.8 Å². The fraction of sp³-hybridized carbons (Fsp3) is 0.333. The zero-order valence-electron chi connectivity index (χ0n) is 11.2. The Hall–Kier alpha value is -1.74. The maximum Gasteiger partial charge on any atom is 0.119 e. The van der Waals surface area contributed by atoms with Crippen molar-refractivity contribution in [3.05, 3.63) is 36.4 Å². The number of hydrogen-bond donors (Lipinski definition) is 1. The van der Waals surface area contributed by atoms with Crippen LogP contribution in [0.25, 0.3) is 10.8 Å². The lowest BCUT2D eigenvalue weighted by molar-refractivity contribution is 0.415. The van der Waals surface area contributed by atoms with E-state index >= 15 is 0 Å². The number of benzene rings is 2. The van der Waals surface area contributed by atoms with E-state index in [4.69, 9.17) is 4.74 Å². The highest BCUT2D eigenvalue weighted by Gasteiger charge is 2.02. The fourth-order valence-corrected chi connectivity index (χ4v) is 1.98. The molecule has 1 N–H and O–H groups in total. The van der Waals surface area contributed by atoms with Crippen molar-refractivity contribution in [1.82, 2.24) is 5.32 Å². The number of anilines is 1. The number of nitrogens with zero attached hydrogens (tertiary/aromatic N) is 1. The van der Waals surface area contributed by atoms with Crippen LogP contribution >= 0.6 is 0 Å². The lowest BCUT2D eigenvalue weighted by Crippen LogP contribution is -2.26. The summed E-state index contributed by atoms with van der Waals surface area (Å²) in [7, 11) is 5.78. The van der Waals surface area contributed by atoms with Crippen molar-refractivity contribution in [1.29, 1.82) is 0 Å². The van der Waals surface area contributed by atoms with Crippen LogP contribution in [-0.4, -0.2) is 34.3 Å². The van der Waals surface area contributed by atoms with Crippen molar-refractivity contribution in [3.8, 4) is 5.75 Å². The first kappa shape index (κ1) is 12.7. The summed E-state index contributed by atoms with van der Waals surface area (Å²) in [6.07, 6.45) is 0. The van der Waals surface area contributed by atoms with Gasteiger partial charge in [0.25, 0.3) is 0 Å². The maximum absolute atomic E-state index is 5.23. The molecule has 0 aliphatic rings. The summed E-state index contributed by atoms with van der Waals surface area (Å²) < 4.78 is 5.23. The number of likely N-dealkylation sites (N-methyl/N-ethyl adjacent to an activating group) is 2. The minimum atomic E-state index is 0.902. The molecular formula is C15H20N2O. The van der Waals surface area contributed by atoms with E-state index in [-0.39, 0.29) is 0 Å². The van der Waals surface area contributed by atoms with Gasteiger partial charge in [-0.1, -0.05) is 12.1 Å². The van der Waals surface area contributed by atoms with E-state index < -0.39 is 0 Å². The molecule has 0 saturated heterocycles. The Balaban J connectivity index is 2.27. The van der Waals surface area contributed by atoms with Crippen molar-refractivity contribution in [2.45, 2.75) is 0 Å². The highest BCUT2D eigenvalue weighted by atomic mass is 16.5. The topological polar surface area (TPSA) is 24.5 Å². The minimum Gasteiger partial charge on any atom is -0.497 e. The van der Waals surface area contributed by atoms with E-state index in [0.29, 0.717) is 0 Å². The van der Waals surface area contributed by atoms with E-state index in [1.165, 1.54) is 16.5 Å². The van der Waals surface area contributed by atoms with Gasteiger partial charge in [-0.2, -0.15) is 0 Å². The molecule has 0 aromatic heterocycles. The molecule has 2 aromatic carbocycles. The Kier molecular flexibility index (Phi) is 4.05. The summed E-state index contributed by atoms with van der Waals surface area (Å²) in [5.74, 6) is 0.902. The van der Waals surface area contributed by atoms with Gasteiger partial charge in [0.05, 0.1) is 7.11 Å². The predicted octanol–water partition coefficient (Wildman–Crippen LogP) is 2.50. The molecule has 3 heteroatoms. The molecule has 18 heavy (non-hydrogen) atoms. The Labute approximate surface area is 108 Å². The fourth-order valence-electron chi connectivity index (χ4n) is 1.98. The number of nitrogens with one attached hydrogen (secondary N) is 1. The molecule has 0 bridgehead atoms. The van der Waals surface area contributed by atoms with E-state index in [2.05, 4.69) is 47.6 Å². The number of methoxy groups -OCH3 is 1. The van der Waals surface area contributed by atoms with Crippen LogP contribution in [0.1, 0.15) is 0 Å². The third kappa shape index (κ3) is 2.74. The van der Waals surface area contributed by atoms with Crippen LogP contribution in [0.15, 0.2) is 36.4 Å². The van der Waals surface area contributed by atoms with Gasteiger partial charge < -0.3 is 15.0 Å². The molecule has 0 unspecified atom stereocenters. The maximum atomic E-state index is 5.23. The third-order valence-electron chi connectivity index (χ3n) is 3.17. The largest absolute Gasteiger partial charge is 0.497 e. The van der Waals surface area contributed by atoms with Crippen LogP contribution in [-0.2, 0) is 0 Å². The Morgan fingerprint density at radius 2 is 1.83 bits per heavy atom. The van der Waals surface area contributed by atoms with Crippen LogP contribution in [0.5, 0.6) is 5.75 Å². The second-order valence-electron chi connectivity index (χ2n) is 4.42. The average molecular weight is 244 g/mol. The van der Waals surface area contributed by atoms with Crippen LogP contribution < -0.4 is 15.0 Å². The molecular weight excluding hydrogens is 224 g/mol. The summed E-state index contributed by atoms with van der Waals surface area (Å²) in [5.41, 5.74) is 1.24. The molecule has 0 fully saturated rings. The van der Waals surface area contributed by atoms with Gasteiger partial charge in [0.15, 0.2) is 0 Å². The number of rotatable bonds is 5. The normalized spacial score (nSPS) is 10.6. The molecule has 0 amide bonds. The molecule has 0 aliphatic heterocycles. The first-order valence-corrected chi connectivity index (χ1v) is 6.18. The molecule has 0 heterocycles. The van der Waals surface area contributed by atoms with Crippen LogP contribution in [0, 0.1) is 0 Å². The van der Waals surface area contributed by atoms with Gasteiger partial charge in [0.2, 0.25) is 0 Å². The van der Waals surface area contributed by atoms with Gasteiger partial charge in [-0.05, 0) is 42.1 Å². The van der Waals surface area contributed by atoms with E-state index in [1.54, 1.807) is 7.11 Å². The zero-order valence-corrected chi connectivity index (χ0v) is 11.2. The Morgan fingerprint density at radius 3 is 2.56 bits per heavy atom. The first-order chi connectivity index (χ1) is 8.74. The van der Waals surface area contributed by atoms with Crippen LogP contribution in [0.4, 0.5) is 5.69 Å². The molecule has 96 valence electrons. The van der Waals surface area contributed by atoms with Gasteiger partial charge in [-0.15, -0.1) is 0 Å². The highest BCUT2D eigenvalue weighted by molar-refractivity contribution is 5.87. The van der Waals surface area contributed by atoms with Crippen molar-refractivity contribution in [2.75, 3.05) is 39.2 Å². The predicted molar refractivity (Wildman–Crippen MR) is 77.7 cm³/mol. The summed E-state index contributed by atoms with van der Waals surface area (Å²) in [5, 5.41) is 5.61. The van der Waals surface area contributed by atoms with Gasteiger partial charge in [0, 0.05) is 25.8 Å². The summed E-state index contributed by atoms with van der Waals surface area (Å²) in [6, 6.07) is 12.7. The van der Waals surface area contributed by atoms with Gasteiger partial charge in [-0.25, -0.2) is 0 Å². The van der Waals surface area contributed by atoms with Crippen molar-refractivity contribution in [3.63, 3.8) is 0 Å². The number of fused-ring (bicyclic) bond motifs is 1. The average Bonchev–Trinajstić information content (AvgIpc) is 2.43. The molecule has 2 rings (SSSR count). The molecule has 3 nitrogen and oxygen atoms in total. The molecule has 0 radical (unpaired) electrons. The first-order valence-electron chi connectivity index (χ1n) is 6.18. The monoisotopic (exact) mass is 244 g/mol. The van der Waals surface area contributed by atoms with Crippen molar-refractivity contribution in [2.24, 2.45) is 0 Å². The third-order valence-corrected chi connectivity index (χ3v) is 3.17. The van der Waals surface area contributed by atoms with Crippen molar-refractivity contribution >= 4 is 16.5 Å². The van der Waals surface area contributed by atoms with Crippen LogP contribution in [0.2, 0.25) is 0 Å². The van der Waals surface area contributed by atoms with Crippen molar-refractivity contribution < 1.29 is 4.74 Å². The van der Waals surface area contributed by atoms with Gasteiger partial charge >= 0.3 is 0 Å². The second-order valence-corrected chi connectivity index (χ2v) is 4.42. The smallest absolute Gasteiger partial charge is 0.119 e. The SMILES string of the molecule is CNCCN(C)c1ccc2cc(OC)ccc2c1. The highest BCUT2D eigenvalue weighted by Crippen LogP contribution is 2.24. The Morgan fingerprint density at radius 1 is 1.11 bits per heavy atom. The molecule has 0 saturated carbocycles. The summed E-state index contributed by atoms with van der Waals surface area (Å²) in [6.45, 7) is 1.98. The number of ether oxygens (including phenoxy) is 1. The molecule has 0 spiro atoms. The zero-order chi connectivity index (χ0) is 13.0.